The van der Waals surface area contributed by atoms with Crippen LogP contribution >= 0.6 is 0 Å². The van der Waals surface area contributed by atoms with E-state index in [0.29, 0.717) is 13.1 Å². The molecule has 1 N–H and O–H groups in total. The standard InChI is InChI=1S/C20H27F2N3O2/c21-16-6-5-7-17(22)19(16)23-18(26)14-24-12-8-15(9-13-24)20(27)25-10-3-1-2-4-11-25/h5-7,15H,1-4,8-14H2,(H,23,26). The van der Waals surface area contributed by atoms with Crippen molar-refractivity contribution in [3.8, 4) is 0 Å². The topological polar surface area (TPSA) is 52.7 Å². The van der Waals surface area contributed by atoms with Gasteiger partial charge < -0.3 is 10.2 Å². The summed E-state index contributed by atoms with van der Waals surface area (Å²) in [5, 5.41) is 2.31. The number of hydrogen-bond acceptors (Lipinski definition) is 3. The summed E-state index contributed by atoms with van der Waals surface area (Å²) < 4.78 is 27.2. The van der Waals surface area contributed by atoms with Crippen LogP contribution in [0.25, 0.3) is 0 Å². The third kappa shape index (κ3) is 5.25. The average molecular weight is 379 g/mol. The summed E-state index contributed by atoms with van der Waals surface area (Å²) in [4.78, 5) is 28.8. The molecule has 0 atom stereocenters. The van der Waals surface area contributed by atoms with E-state index in [2.05, 4.69) is 5.32 Å². The van der Waals surface area contributed by atoms with E-state index in [1.165, 1.54) is 18.9 Å². The van der Waals surface area contributed by atoms with Crippen molar-refractivity contribution in [2.24, 2.45) is 5.92 Å². The van der Waals surface area contributed by atoms with Crippen molar-refractivity contribution >= 4 is 17.5 Å². The number of carbonyl (C=O) groups excluding carboxylic acids is 2. The molecule has 2 fully saturated rings. The minimum Gasteiger partial charge on any atom is -0.342 e. The maximum atomic E-state index is 13.6. The summed E-state index contributed by atoms with van der Waals surface area (Å²) >= 11 is 0. The summed E-state index contributed by atoms with van der Waals surface area (Å²) in [6.45, 7) is 3.05. The van der Waals surface area contributed by atoms with Crippen LogP contribution in [0.15, 0.2) is 18.2 Å². The van der Waals surface area contributed by atoms with Crippen LogP contribution in [-0.2, 0) is 9.59 Å². The van der Waals surface area contributed by atoms with E-state index in [4.69, 9.17) is 0 Å². The molecule has 2 aliphatic rings. The monoisotopic (exact) mass is 379 g/mol. The predicted molar refractivity (Wildman–Crippen MR) is 99.2 cm³/mol. The molecule has 2 saturated heterocycles. The SMILES string of the molecule is O=C(CN1CCC(C(=O)N2CCCCCC2)CC1)Nc1c(F)cccc1F. The summed E-state index contributed by atoms with van der Waals surface area (Å²) in [7, 11) is 0. The highest BCUT2D eigenvalue weighted by molar-refractivity contribution is 5.92. The Balaban J connectivity index is 1.46. The maximum absolute atomic E-state index is 13.6. The lowest BCUT2D eigenvalue weighted by Gasteiger charge is -2.33. The van der Waals surface area contributed by atoms with Gasteiger partial charge in [0.15, 0.2) is 0 Å². The molecule has 1 aromatic rings. The summed E-state index contributed by atoms with van der Waals surface area (Å²) in [6, 6.07) is 3.48. The van der Waals surface area contributed by atoms with E-state index in [1.54, 1.807) is 0 Å². The molecule has 2 heterocycles. The molecule has 7 heteroatoms. The highest BCUT2D eigenvalue weighted by atomic mass is 19.1. The first kappa shape index (κ1) is 19.7. The van der Waals surface area contributed by atoms with Crippen molar-refractivity contribution in [3.05, 3.63) is 29.8 Å². The predicted octanol–water partition coefficient (Wildman–Crippen LogP) is 3.02. The number of rotatable bonds is 4. The van der Waals surface area contributed by atoms with E-state index >= 15 is 0 Å². The number of nitrogens with zero attached hydrogens (tertiary/aromatic N) is 2. The van der Waals surface area contributed by atoms with Crippen LogP contribution in [0.3, 0.4) is 0 Å². The van der Waals surface area contributed by atoms with Crippen molar-refractivity contribution in [3.63, 3.8) is 0 Å². The zero-order chi connectivity index (χ0) is 19.2. The van der Waals surface area contributed by atoms with Crippen molar-refractivity contribution in [2.75, 3.05) is 38.0 Å². The summed E-state index contributed by atoms with van der Waals surface area (Å²) in [6.07, 6.45) is 5.99. The van der Waals surface area contributed by atoms with Gasteiger partial charge in [0.25, 0.3) is 0 Å². The first-order valence-electron chi connectivity index (χ1n) is 9.79. The second-order valence-corrected chi connectivity index (χ2v) is 7.43. The average Bonchev–Trinajstić information content (AvgIpc) is 2.94. The third-order valence-corrected chi connectivity index (χ3v) is 5.45. The molecule has 0 spiro atoms. The molecule has 148 valence electrons. The van der Waals surface area contributed by atoms with Crippen LogP contribution in [0.1, 0.15) is 38.5 Å². The summed E-state index contributed by atoms with van der Waals surface area (Å²) in [5.41, 5.74) is -0.409. The quantitative estimate of drug-likeness (QED) is 0.875. The van der Waals surface area contributed by atoms with Crippen LogP contribution in [-0.4, -0.2) is 54.3 Å². The lowest BCUT2D eigenvalue weighted by Crippen LogP contribution is -2.44. The first-order valence-corrected chi connectivity index (χ1v) is 9.79. The van der Waals surface area contributed by atoms with Crippen LogP contribution in [0.2, 0.25) is 0 Å². The molecule has 2 aliphatic heterocycles. The molecule has 0 aromatic heterocycles. The van der Waals surface area contributed by atoms with Gasteiger partial charge in [0, 0.05) is 19.0 Å². The molecule has 0 bridgehead atoms. The maximum Gasteiger partial charge on any atom is 0.238 e. The molecular formula is C20H27F2N3O2. The smallest absolute Gasteiger partial charge is 0.238 e. The Bertz CT molecular complexity index is 647. The number of para-hydroxylation sites is 1. The van der Waals surface area contributed by atoms with Crippen molar-refractivity contribution in [1.29, 1.82) is 0 Å². The zero-order valence-corrected chi connectivity index (χ0v) is 15.6. The second-order valence-electron chi connectivity index (χ2n) is 7.43. The normalized spacial score (nSPS) is 19.6. The van der Waals surface area contributed by atoms with E-state index in [0.717, 1.165) is 50.9 Å². The largest absolute Gasteiger partial charge is 0.342 e. The molecule has 0 aliphatic carbocycles. The number of likely N-dealkylation sites (tertiary alicyclic amines) is 2. The van der Waals surface area contributed by atoms with Crippen LogP contribution in [0.4, 0.5) is 14.5 Å². The lowest BCUT2D eigenvalue weighted by atomic mass is 9.95. The van der Waals surface area contributed by atoms with Crippen LogP contribution in [0, 0.1) is 17.6 Å². The Hall–Kier alpha value is -2.02. The minimum atomic E-state index is -0.787. The minimum absolute atomic E-state index is 0.0198. The van der Waals surface area contributed by atoms with Gasteiger partial charge in [0.2, 0.25) is 11.8 Å². The lowest BCUT2D eigenvalue weighted by molar-refractivity contribution is -0.137. The number of carbonyl (C=O) groups is 2. The van der Waals surface area contributed by atoms with Crippen molar-refractivity contribution in [1.82, 2.24) is 9.80 Å². The fourth-order valence-corrected chi connectivity index (χ4v) is 3.89. The highest BCUT2D eigenvalue weighted by Crippen LogP contribution is 2.22. The molecular weight excluding hydrogens is 352 g/mol. The van der Waals surface area contributed by atoms with Gasteiger partial charge in [0.1, 0.15) is 17.3 Å². The van der Waals surface area contributed by atoms with E-state index in [9.17, 15) is 18.4 Å². The van der Waals surface area contributed by atoms with Gasteiger partial charge in [-0.2, -0.15) is 0 Å². The zero-order valence-electron chi connectivity index (χ0n) is 15.6. The first-order chi connectivity index (χ1) is 13.0. The van der Waals surface area contributed by atoms with E-state index in [-0.39, 0.29) is 18.4 Å². The number of nitrogens with one attached hydrogen (secondary N) is 1. The molecule has 0 unspecified atom stereocenters. The fourth-order valence-electron chi connectivity index (χ4n) is 3.89. The molecule has 3 rings (SSSR count). The third-order valence-electron chi connectivity index (χ3n) is 5.45. The number of hydrogen-bond donors (Lipinski definition) is 1. The Morgan fingerprint density at radius 3 is 2.15 bits per heavy atom. The number of halogens is 2. The molecule has 1 aromatic carbocycles. The van der Waals surface area contributed by atoms with E-state index < -0.39 is 23.2 Å². The van der Waals surface area contributed by atoms with Gasteiger partial charge in [-0.3, -0.25) is 14.5 Å². The van der Waals surface area contributed by atoms with Crippen LogP contribution < -0.4 is 5.32 Å². The fraction of sp³-hybridized carbons (Fsp3) is 0.600. The highest BCUT2D eigenvalue weighted by Gasteiger charge is 2.29. The van der Waals surface area contributed by atoms with Crippen molar-refractivity contribution in [2.45, 2.75) is 38.5 Å². The Kier molecular flexibility index (Phi) is 6.77. The van der Waals surface area contributed by atoms with Gasteiger partial charge in [0.05, 0.1) is 6.54 Å². The van der Waals surface area contributed by atoms with Crippen molar-refractivity contribution < 1.29 is 18.4 Å². The van der Waals surface area contributed by atoms with Gasteiger partial charge in [-0.25, -0.2) is 8.78 Å². The van der Waals surface area contributed by atoms with Gasteiger partial charge in [-0.1, -0.05) is 18.9 Å². The van der Waals surface area contributed by atoms with Gasteiger partial charge >= 0.3 is 0 Å². The molecule has 27 heavy (non-hydrogen) atoms. The number of amides is 2. The molecule has 0 saturated carbocycles. The molecule has 2 amide bonds. The Labute approximate surface area is 158 Å². The number of piperidine rings is 1. The van der Waals surface area contributed by atoms with Gasteiger partial charge in [-0.15, -0.1) is 0 Å². The Morgan fingerprint density at radius 2 is 1.56 bits per heavy atom. The molecule has 5 nitrogen and oxygen atoms in total. The molecule has 0 radical (unpaired) electrons. The Morgan fingerprint density at radius 1 is 0.963 bits per heavy atom. The number of benzene rings is 1. The number of anilines is 1. The van der Waals surface area contributed by atoms with E-state index in [1.807, 2.05) is 9.80 Å². The van der Waals surface area contributed by atoms with Crippen LogP contribution in [0.5, 0.6) is 0 Å². The second kappa shape index (κ2) is 9.26. The summed E-state index contributed by atoms with van der Waals surface area (Å²) in [5.74, 6) is -1.76. The van der Waals surface area contributed by atoms with Gasteiger partial charge in [-0.05, 0) is 50.9 Å².